The van der Waals surface area contributed by atoms with E-state index in [0.717, 1.165) is 18.7 Å². The van der Waals surface area contributed by atoms with Crippen molar-refractivity contribution in [3.63, 3.8) is 0 Å². The van der Waals surface area contributed by atoms with Gasteiger partial charge in [-0.3, -0.25) is 9.78 Å². The number of quaternary nitrogens is 1. The molecule has 1 aromatic carbocycles. The van der Waals surface area contributed by atoms with Crippen LogP contribution in [0.3, 0.4) is 0 Å². The lowest BCUT2D eigenvalue weighted by molar-refractivity contribution is -0.913. The Morgan fingerprint density at radius 3 is 2.69 bits per heavy atom. The van der Waals surface area contributed by atoms with Gasteiger partial charge in [-0.1, -0.05) is 17.9 Å². The van der Waals surface area contributed by atoms with Gasteiger partial charge in [-0.2, -0.15) is 0 Å². The number of ketones is 1. The van der Waals surface area contributed by atoms with E-state index in [1.165, 1.54) is 36.6 Å². The third-order valence-electron chi connectivity index (χ3n) is 5.12. The van der Waals surface area contributed by atoms with Crippen LogP contribution in [-0.2, 0) is 6.54 Å². The second-order valence-corrected chi connectivity index (χ2v) is 6.99. The zero-order valence-corrected chi connectivity index (χ0v) is 14.7. The van der Waals surface area contributed by atoms with Gasteiger partial charge in [0.25, 0.3) is 0 Å². The molecule has 3 heterocycles. The van der Waals surface area contributed by atoms with Gasteiger partial charge in [0.2, 0.25) is 5.78 Å². The van der Waals surface area contributed by atoms with E-state index in [2.05, 4.69) is 4.98 Å². The van der Waals surface area contributed by atoms with Crippen molar-refractivity contribution in [1.82, 2.24) is 4.98 Å². The lowest BCUT2D eigenvalue weighted by Crippen LogP contribution is -3.10. The van der Waals surface area contributed by atoms with Crippen LogP contribution in [0.5, 0.6) is 11.5 Å². The predicted octanol–water partition coefficient (Wildman–Crippen LogP) is 1.73. The summed E-state index contributed by atoms with van der Waals surface area (Å²) in [5.41, 5.74) is 1.91. The number of hydrogen-bond acceptors (Lipinski definition) is 4. The fourth-order valence-corrected chi connectivity index (χ4v) is 3.72. The number of ether oxygens (including phenoxy) is 1. The van der Waals surface area contributed by atoms with E-state index in [0.29, 0.717) is 23.4 Å². The Hall–Kier alpha value is -2.66. The van der Waals surface area contributed by atoms with Gasteiger partial charge in [0.1, 0.15) is 12.3 Å². The van der Waals surface area contributed by atoms with Crippen molar-refractivity contribution in [3.8, 4) is 11.5 Å². The van der Waals surface area contributed by atoms with Crippen LogP contribution in [0.25, 0.3) is 6.08 Å². The Bertz CT molecular complexity index is 838. The number of carbonyl (C=O) groups excluding carboxylic acids is 1. The number of nitrogens with one attached hydrogen (secondary N) is 1. The van der Waals surface area contributed by atoms with Crippen LogP contribution in [0.15, 0.2) is 42.4 Å². The molecule has 26 heavy (non-hydrogen) atoms. The van der Waals surface area contributed by atoms with Crippen LogP contribution in [0.2, 0.25) is 0 Å². The van der Waals surface area contributed by atoms with Crippen molar-refractivity contribution < 1.29 is 19.5 Å². The smallest absolute Gasteiger partial charge is 0.231 e. The predicted molar refractivity (Wildman–Crippen MR) is 95.9 cm³/mol. The van der Waals surface area contributed by atoms with E-state index in [1.54, 1.807) is 24.5 Å². The van der Waals surface area contributed by atoms with E-state index in [4.69, 9.17) is 4.74 Å². The monoisotopic (exact) mass is 350 g/mol. The lowest BCUT2D eigenvalue weighted by atomic mass is 10.0. The van der Waals surface area contributed by atoms with Crippen LogP contribution in [0.4, 0.5) is 0 Å². The van der Waals surface area contributed by atoms with Crippen molar-refractivity contribution in [2.75, 3.05) is 13.1 Å². The molecule has 1 saturated heterocycles. The Morgan fingerprint density at radius 2 is 1.96 bits per heavy atom. The van der Waals surface area contributed by atoms with Crippen LogP contribution in [0.1, 0.15) is 47.2 Å². The molecule has 5 nitrogen and oxygen atoms in total. The molecular formula is C21H22N2O3. The van der Waals surface area contributed by atoms with E-state index < -0.39 is 0 Å². The number of Topliss-reactive ketones (excluding diaryl/α,β-unsaturated/α-hetero) is 1. The van der Waals surface area contributed by atoms with Gasteiger partial charge in [0.05, 0.1) is 18.7 Å². The van der Waals surface area contributed by atoms with Crippen LogP contribution < -0.4 is 14.7 Å². The molecule has 5 heteroatoms. The highest BCUT2D eigenvalue weighted by molar-refractivity contribution is 6.14. The van der Waals surface area contributed by atoms with Gasteiger partial charge in [0, 0.05) is 18.0 Å². The molecule has 0 spiro atoms. The fraction of sp³-hybridized carbons (Fsp3) is 0.333. The number of benzene rings is 1. The summed E-state index contributed by atoms with van der Waals surface area (Å²) in [6, 6.07) is 6.76. The number of carbonyl (C=O) groups is 1. The summed E-state index contributed by atoms with van der Waals surface area (Å²) in [7, 11) is 0. The average molecular weight is 350 g/mol. The minimum atomic E-state index is -0.170. The molecule has 0 atom stereocenters. The topological polar surface area (TPSA) is 66.7 Å². The first kappa shape index (κ1) is 16.8. The first-order valence-corrected chi connectivity index (χ1v) is 9.23. The maximum absolute atomic E-state index is 12.7. The molecule has 134 valence electrons. The number of rotatable bonds is 3. The van der Waals surface area contributed by atoms with Crippen molar-refractivity contribution in [2.24, 2.45) is 0 Å². The number of nitrogens with zero attached hydrogens (tertiary/aromatic N) is 1. The van der Waals surface area contributed by atoms with Gasteiger partial charge in [0.15, 0.2) is 5.76 Å². The molecule has 0 radical (unpaired) electrons. The molecule has 1 N–H and O–H groups in total. The quantitative estimate of drug-likeness (QED) is 0.856. The normalized spacial score (nSPS) is 19.2. The van der Waals surface area contributed by atoms with Gasteiger partial charge >= 0.3 is 0 Å². The minimum Gasteiger partial charge on any atom is -0.872 e. The maximum Gasteiger partial charge on any atom is 0.231 e. The molecule has 0 amide bonds. The van der Waals surface area contributed by atoms with Crippen molar-refractivity contribution in [1.29, 1.82) is 0 Å². The third kappa shape index (κ3) is 3.35. The third-order valence-corrected chi connectivity index (χ3v) is 5.12. The summed E-state index contributed by atoms with van der Waals surface area (Å²) in [6.07, 6.45) is 9.92. The first-order chi connectivity index (χ1) is 12.7. The summed E-state index contributed by atoms with van der Waals surface area (Å²) in [4.78, 5) is 18.1. The number of pyridine rings is 1. The summed E-state index contributed by atoms with van der Waals surface area (Å²) >= 11 is 0. The zero-order chi connectivity index (χ0) is 17.9. The summed E-state index contributed by atoms with van der Waals surface area (Å²) < 4.78 is 5.88. The first-order valence-electron chi connectivity index (χ1n) is 9.23. The number of aromatic nitrogens is 1. The van der Waals surface area contributed by atoms with E-state index in [-0.39, 0.29) is 17.3 Å². The molecule has 2 aliphatic rings. The molecule has 0 saturated carbocycles. The van der Waals surface area contributed by atoms with E-state index >= 15 is 0 Å². The Labute approximate surface area is 152 Å². The second-order valence-electron chi connectivity index (χ2n) is 6.99. The highest BCUT2D eigenvalue weighted by Gasteiger charge is 2.31. The molecule has 2 aromatic rings. The van der Waals surface area contributed by atoms with Gasteiger partial charge in [-0.05, 0) is 49.5 Å². The lowest BCUT2D eigenvalue weighted by Gasteiger charge is -2.22. The minimum absolute atomic E-state index is 0.0454. The van der Waals surface area contributed by atoms with Gasteiger partial charge in [-0.15, -0.1) is 0 Å². The molecule has 1 fully saturated rings. The summed E-state index contributed by atoms with van der Waals surface area (Å²) in [5, 5.41) is 12.5. The number of fused-ring (bicyclic) bond motifs is 1. The Kier molecular flexibility index (Phi) is 4.71. The molecular weight excluding hydrogens is 328 g/mol. The van der Waals surface area contributed by atoms with Gasteiger partial charge in [-0.25, -0.2) is 0 Å². The fourth-order valence-electron chi connectivity index (χ4n) is 3.72. The van der Waals surface area contributed by atoms with Gasteiger partial charge < -0.3 is 14.7 Å². The summed E-state index contributed by atoms with van der Waals surface area (Å²) in [5.74, 6) is 0.493. The molecule has 2 aliphatic heterocycles. The standard InChI is InChI=1S/C21H22N2O3/c24-18-8-7-16-20(25)19(12-15-6-5-9-22-13-15)26-21(16)17(18)14-23-10-3-1-2-4-11-23/h5-9,12-13,24H,1-4,10-11,14H2. The highest BCUT2D eigenvalue weighted by Crippen LogP contribution is 2.38. The Morgan fingerprint density at radius 1 is 1.15 bits per heavy atom. The van der Waals surface area contributed by atoms with Crippen molar-refractivity contribution >= 4 is 11.9 Å². The molecule has 4 rings (SSSR count). The molecule has 0 unspecified atom stereocenters. The summed E-state index contributed by atoms with van der Waals surface area (Å²) in [6.45, 7) is 2.75. The van der Waals surface area contributed by atoms with E-state index in [9.17, 15) is 9.90 Å². The highest BCUT2D eigenvalue weighted by atomic mass is 16.5. The second kappa shape index (κ2) is 7.30. The molecule has 0 bridgehead atoms. The average Bonchev–Trinajstić information content (AvgIpc) is 2.83. The van der Waals surface area contributed by atoms with Crippen LogP contribution in [-0.4, -0.2) is 23.9 Å². The SMILES string of the molecule is O=C1C(=Cc2cccnc2)Oc2c1ccc([O-])c2C[NH+]1CCCCCC1. The maximum atomic E-state index is 12.7. The number of likely N-dealkylation sites (tertiary alicyclic amines) is 1. The van der Waals surface area contributed by atoms with Crippen molar-refractivity contribution in [2.45, 2.75) is 32.2 Å². The number of hydrogen-bond donors (Lipinski definition) is 1. The van der Waals surface area contributed by atoms with Crippen LogP contribution in [0, 0.1) is 0 Å². The largest absolute Gasteiger partial charge is 0.872 e. The van der Waals surface area contributed by atoms with Crippen molar-refractivity contribution in [3.05, 3.63) is 59.1 Å². The zero-order valence-electron chi connectivity index (χ0n) is 14.7. The Balaban J connectivity index is 1.64. The molecule has 1 aromatic heterocycles. The van der Waals surface area contributed by atoms with E-state index in [1.807, 2.05) is 12.1 Å². The number of allylic oxidation sites excluding steroid dienone is 1. The molecule has 0 aliphatic carbocycles. The van der Waals surface area contributed by atoms with Crippen LogP contribution >= 0.6 is 0 Å².